The van der Waals surface area contributed by atoms with Crippen LogP contribution in [0.3, 0.4) is 0 Å². The molecule has 1 aliphatic heterocycles. The topological polar surface area (TPSA) is 52.7 Å². The van der Waals surface area contributed by atoms with Crippen molar-refractivity contribution in [3.63, 3.8) is 0 Å². The van der Waals surface area contributed by atoms with E-state index in [2.05, 4.69) is 10.2 Å². The Labute approximate surface area is 160 Å². The van der Waals surface area contributed by atoms with Gasteiger partial charge in [-0.05, 0) is 55.6 Å². The molecule has 28 heavy (non-hydrogen) atoms. The number of hydrogen-bond acceptors (Lipinski definition) is 3. The second kappa shape index (κ2) is 8.02. The fourth-order valence-corrected chi connectivity index (χ4v) is 2.90. The summed E-state index contributed by atoms with van der Waals surface area (Å²) in [6.07, 6.45) is -4.42. The maximum absolute atomic E-state index is 12.6. The monoisotopic (exact) mass is 391 g/mol. The molecule has 0 atom stereocenters. The molecule has 2 amide bonds. The van der Waals surface area contributed by atoms with Crippen LogP contribution in [-0.4, -0.2) is 54.8 Å². The predicted molar refractivity (Wildman–Crippen MR) is 99.2 cm³/mol. The van der Waals surface area contributed by atoms with Gasteiger partial charge < -0.3 is 15.1 Å². The van der Waals surface area contributed by atoms with E-state index < -0.39 is 17.6 Å². The van der Waals surface area contributed by atoms with Crippen molar-refractivity contribution in [3.05, 3.63) is 65.2 Å². The van der Waals surface area contributed by atoms with Gasteiger partial charge in [0.25, 0.3) is 11.8 Å². The van der Waals surface area contributed by atoms with Gasteiger partial charge in [-0.2, -0.15) is 13.2 Å². The van der Waals surface area contributed by atoms with E-state index in [9.17, 15) is 22.8 Å². The number of likely N-dealkylation sites (N-methyl/N-ethyl adjacent to an activating group) is 1. The van der Waals surface area contributed by atoms with Crippen LogP contribution in [0.15, 0.2) is 48.5 Å². The number of carbonyl (C=O) groups is 2. The minimum absolute atomic E-state index is 0.0807. The molecule has 2 aromatic carbocycles. The molecule has 1 saturated heterocycles. The Balaban J connectivity index is 1.63. The lowest BCUT2D eigenvalue weighted by atomic mass is 10.1. The average molecular weight is 391 g/mol. The molecule has 1 fully saturated rings. The molecule has 0 saturated carbocycles. The summed E-state index contributed by atoms with van der Waals surface area (Å²) in [6.45, 7) is 2.95. The third-order valence-electron chi connectivity index (χ3n) is 4.65. The predicted octanol–water partition coefficient (Wildman–Crippen LogP) is 3.35. The molecule has 0 aliphatic carbocycles. The molecule has 1 aliphatic rings. The lowest BCUT2D eigenvalue weighted by Crippen LogP contribution is -2.47. The molecule has 2 aromatic rings. The summed E-state index contributed by atoms with van der Waals surface area (Å²) in [4.78, 5) is 28.7. The number of anilines is 1. The normalized spacial score (nSPS) is 15.4. The smallest absolute Gasteiger partial charge is 0.336 e. The van der Waals surface area contributed by atoms with Crippen molar-refractivity contribution in [2.75, 3.05) is 38.5 Å². The van der Waals surface area contributed by atoms with Gasteiger partial charge in [0.1, 0.15) is 0 Å². The van der Waals surface area contributed by atoms with E-state index in [0.29, 0.717) is 24.2 Å². The fourth-order valence-electron chi connectivity index (χ4n) is 2.90. The quantitative estimate of drug-likeness (QED) is 0.873. The van der Waals surface area contributed by atoms with Crippen LogP contribution in [-0.2, 0) is 6.18 Å². The van der Waals surface area contributed by atoms with E-state index in [4.69, 9.17) is 0 Å². The van der Waals surface area contributed by atoms with E-state index >= 15 is 0 Å². The first-order chi connectivity index (χ1) is 13.2. The van der Waals surface area contributed by atoms with Crippen molar-refractivity contribution >= 4 is 17.5 Å². The van der Waals surface area contributed by atoms with Crippen LogP contribution >= 0.6 is 0 Å². The van der Waals surface area contributed by atoms with Gasteiger partial charge in [-0.1, -0.05) is 0 Å². The van der Waals surface area contributed by atoms with Crippen molar-refractivity contribution in [1.82, 2.24) is 9.80 Å². The Morgan fingerprint density at radius 2 is 1.39 bits per heavy atom. The Kier molecular flexibility index (Phi) is 5.69. The summed E-state index contributed by atoms with van der Waals surface area (Å²) in [7, 11) is 2.01. The zero-order chi connectivity index (χ0) is 20.3. The number of amides is 2. The molecule has 0 radical (unpaired) electrons. The molecular weight excluding hydrogens is 371 g/mol. The lowest BCUT2D eigenvalue weighted by Gasteiger charge is -2.32. The maximum atomic E-state index is 12.6. The summed E-state index contributed by atoms with van der Waals surface area (Å²) in [5.41, 5.74) is 0.290. The van der Waals surface area contributed by atoms with Crippen LogP contribution in [0.1, 0.15) is 26.3 Å². The zero-order valence-electron chi connectivity index (χ0n) is 15.3. The summed E-state index contributed by atoms with van der Waals surface area (Å²) < 4.78 is 37.7. The van der Waals surface area contributed by atoms with Gasteiger partial charge in [-0.3, -0.25) is 9.59 Å². The highest BCUT2D eigenvalue weighted by atomic mass is 19.4. The number of alkyl halides is 3. The molecule has 3 rings (SSSR count). The van der Waals surface area contributed by atoms with Crippen LogP contribution in [0.2, 0.25) is 0 Å². The maximum Gasteiger partial charge on any atom is 0.416 e. The van der Waals surface area contributed by atoms with E-state index in [1.807, 2.05) is 7.05 Å². The van der Waals surface area contributed by atoms with E-state index in [0.717, 1.165) is 25.2 Å². The molecule has 0 bridgehead atoms. The lowest BCUT2D eigenvalue weighted by molar-refractivity contribution is -0.137. The number of halogens is 3. The molecule has 0 spiro atoms. The van der Waals surface area contributed by atoms with Crippen LogP contribution in [0, 0.1) is 0 Å². The largest absolute Gasteiger partial charge is 0.416 e. The number of hydrogen-bond donors (Lipinski definition) is 1. The van der Waals surface area contributed by atoms with Gasteiger partial charge >= 0.3 is 6.18 Å². The number of nitrogens with zero attached hydrogens (tertiary/aromatic N) is 2. The first-order valence-electron chi connectivity index (χ1n) is 8.80. The van der Waals surface area contributed by atoms with E-state index in [-0.39, 0.29) is 11.6 Å². The second-order valence-corrected chi connectivity index (χ2v) is 6.70. The number of benzene rings is 2. The van der Waals surface area contributed by atoms with Gasteiger partial charge in [0.15, 0.2) is 0 Å². The molecule has 5 nitrogen and oxygen atoms in total. The fraction of sp³-hybridized carbons (Fsp3) is 0.300. The molecule has 1 N–H and O–H groups in total. The Morgan fingerprint density at radius 1 is 0.857 bits per heavy atom. The number of nitrogens with one attached hydrogen (secondary N) is 1. The Bertz CT molecular complexity index is 840. The summed E-state index contributed by atoms with van der Waals surface area (Å²) in [6, 6.07) is 10.5. The van der Waals surface area contributed by atoms with Crippen molar-refractivity contribution < 1.29 is 22.8 Å². The molecular formula is C20H20F3N3O2. The number of rotatable bonds is 3. The summed E-state index contributed by atoms with van der Waals surface area (Å²) >= 11 is 0. The van der Waals surface area contributed by atoms with Crippen LogP contribution in [0.5, 0.6) is 0 Å². The molecule has 1 heterocycles. The second-order valence-electron chi connectivity index (χ2n) is 6.70. The highest BCUT2D eigenvalue weighted by Gasteiger charge is 2.30. The average Bonchev–Trinajstić information content (AvgIpc) is 2.68. The van der Waals surface area contributed by atoms with Crippen LogP contribution < -0.4 is 5.32 Å². The zero-order valence-corrected chi connectivity index (χ0v) is 15.3. The molecule has 8 heteroatoms. The van der Waals surface area contributed by atoms with Gasteiger partial charge in [0.2, 0.25) is 0 Å². The number of carbonyl (C=O) groups excluding carboxylic acids is 2. The highest BCUT2D eigenvalue weighted by molar-refractivity contribution is 6.05. The van der Waals surface area contributed by atoms with Crippen molar-refractivity contribution in [2.24, 2.45) is 0 Å². The standard InChI is InChI=1S/C20H20F3N3O2/c1-25-10-12-26(13-11-25)19(28)15-4-2-14(3-5-15)18(27)24-17-8-6-16(7-9-17)20(21,22)23/h2-9H,10-13H2,1H3,(H,24,27). The van der Waals surface area contributed by atoms with Crippen LogP contribution in [0.25, 0.3) is 0 Å². The highest BCUT2D eigenvalue weighted by Crippen LogP contribution is 2.29. The molecule has 0 unspecified atom stereocenters. The van der Waals surface area contributed by atoms with Gasteiger partial charge in [-0.25, -0.2) is 0 Å². The van der Waals surface area contributed by atoms with Crippen molar-refractivity contribution in [3.8, 4) is 0 Å². The van der Waals surface area contributed by atoms with E-state index in [1.165, 1.54) is 24.3 Å². The third-order valence-corrected chi connectivity index (χ3v) is 4.65. The summed E-state index contributed by atoms with van der Waals surface area (Å²) in [5.74, 6) is -0.541. The third kappa shape index (κ3) is 4.69. The van der Waals surface area contributed by atoms with Gasteiger partial charge in [-0.15, -0.1) is 0 Å². The minimum atomic E-state index is -4.42. The minimum Gasteiger partial charge on any atom is -0.336 e. The van der Waals surface area contributed by atoms with Gasteiger partial charge in [0, 0.05) is 43.0 Å². The molecule has 148 valence electrons. The molecule has 0 aromatic heterocycles. The van der Waals surface area contributed by atoms with Crippen molar-refractivity contribution in [1.29, 1.82) is 0 Å². The Hall–Kier alpha value is -2.87. The van der Waals surface area contributed by atoms with Gasteiger partial charge in [0.05, 0.1) is 5.56 Å². The first kappa shape index (κ1) is 19.9. The Morgan fingerprint density at radius 3 is 1.93 bits per heavy atom. The SMILES string of the molecule is CN1CCN(C(=O)c2ccc(C(=O)Nc3ccc(C(F)(F)F)cc3)cc2)CC1. The first-order valence-corrected chi connectivity index (χ1v) is 8.80. The van der Waals surface area contributed by atoms with Crippen LogP contribution in [0.4, 0.5) is 18.9 Å². The van der Waals surface area contributed by atoms with Crippen molar-refractivity contribution in [2.45, 2.75) is 6.18 Å². The number of piperazine rings is 1. The van der Waals surface area contributed by atoms with E-state index in [1.54, 1.807) is 17.0 Å². The summed E-state index contributed by atoms with van der Waals surface area (Å²) in [5, 5.41) is 2.55.